The van der Waals surface area contributed by atoms with Gasteiger partial charge >= 0.3 is 5.97 Å². The largest absolute Gasteiger partial charge is 0.494 e. The fraction of sp³-hybridized carbons (Fsp3) is 0.148. The van der Waals surface area contributed by atoms with E-state index in [0.717, 1.165) is 17.7 Å². The number of hydrogen-bond acceptors (Lipinski definition) is 5. The zero-order valence-electron chi connectivity index (χ0n) is 18.5. The number of benzene rings is 3. The lowest BCUT2D eigenvalue weighted by Gasteiger charge is -2.07. The molecule has 1 amide bonds. The highest BCUT2D eigenvalue weighted by Gasteiger charge is 2.13. The molecule has 0 heterocycles. The topological polar surface area (TPSA) is 88.4 Å². The van der Waals surface area contributed by atoms with Crippen molar-refractivity contribution >= 4 is 23.6 Å². The van der Waals surface area contributed by atoms with E-state index in [0.29, 0.717) is 23.4 Å². The van der Waals surface area contributed by atoms with Crippen molar-refractivity contribution in [1.82, 2.24) is 0 Å². The normalized spacial score (nSPS) is 10.8. The summed E-state index contributed by atoms with van der Waals surface area (Å²) < 4.78 is 10.8. The molecule has 0 aliphatic carbocycles. The first-order valence-electron chi connectivity index (χ1n) is 10.5. The van der Waals surface area contributed by atoms with Crippen LogP contribution in [0.25, 0.3) is 6.08 Å². The molecule has 0 saturated carbocycles. The number of esters is 1. The van der Waals surface area contributed by atoms with E-state index < -0.39 is 5.97 Å². The summed E-state index contributed by atoms with van der Waals surface area (Å²) in [6, 6.07) is 22.5. The lowest BCUT2D eigenvalue weighted by molar-refractivity contribution is -0.129. The first-order chi connectivity index (χ1) is 16.0. The van der Waals surface area contributed by atoms with Gasteiger partial charge in [-0.25, -0.2) is 4.79 Å². The summed E-state index contributed by atoms with van der Waals surface area (Å²) in [5, 5.41) is 12.2. The van der Waals surface area contributed by atoms with Gasteiger partial charge in [0.1, 0.15) is 23.1 Å². The van der Waals surface area contributed by atoms with Crippen molar-refractivity contribution in [2.75, 3.05) is 11.9 Å². The second kappa shape index (κ2) is 11.3. The van der Waals surface area contributed by atoms with E-state index in [1.807, 2.05) is 44.2 Å². The van der Waals surface area contributed by atoms with Crippen molar-refractivity contribution in [2.45, 2.75) is 20.3 Å². The van der Waals surface area contributed by atoms with Crippen LogP contribution in [0.15, 0.2) is 78.4 Å². The van der Waals surface area contributed by atoms with Gasteiger partial charge < -0.3 is 14.8 Å². The van der Waals surface area contributed by atoms with Gasteiger partial charge in [-0.05, 0) is 73.5 Å². The quantitative estimate of drug-likeness (QED) is 0.215. The van der Waals surface area contributed by atoms with E-state index in [9.17, 15) is 14.9 Å². The van der Waals surface area contributed by atoms with E-state index in [2.05, 4.69) is 5.32 Å². The van der Waals surface area contributed by atoms with E-state index in [1.54, 1.807) is 36.4 Å². The number of carbonyl (C=O) groups is 2. The van der Waals surface area contributed by atoms with Crippen LogP contribution >= 0.6 is 0 Å². The Morgan fingerprint density at radius 1 is 0.939 bits per heavy atom. The van der Waals surface area contributed by atoms with Crippen LogP contribution in [0.4, 0.5) is 5.69 Å². The lowest BCUT2D eigenvalue weighted by Crippen LogP contribution is -2.12. The Kier molecular flexibility index (Phi) is 7.98. The Balaban J connectivity index is 1.62. The predicted molar refractivity (Wildman–Crippen MR) is 127 cm³/mol. The highest BCUT2D eigenvalue weighted by molar-refractivity contribution is 6.04. The predicted octanol–water partition coefficient (Wildman–Crippen LogP) is 5.55. The molecule has 0 atom stereocenters. The summed E-state index contributed by atoms with van der Waals surface area (Å²) >= 11 is 0. The maximum Gasteiger partial charge on any atom is 0.354 e. The molecule has 0 radical (unpaired) electrons. The van der Waals surface area contributed by atoms with Crippen molar-refractivity contribution in [2.24, 2.45) is 0 Å². The highest BCUT2D eigenvalue weighted by atomic mass is 16.5. The van der Waals surface area contributed by atoms with Crippen molar-refractivity contribution in [3.63, 3.8) is 0 Å². The molecule has 6 heteroatoms. The number of nitrogens with one attached hydrogen (secondary N) is 1. The van der Waals surface area contributed by atoms with Crippen molar-refractivity contribution < 1.29 is 19.1 Å². The molecule has 0 unspecified atom stereocenters. The van der Waals surface area contributed by atoms with Crippen LogP contribution in [0.2, 0.25) is 0 Å². The van der Waals surface area contributed by atoms with E-state index in [-0.39, 0.29) is 17.2 Å². The minimum atomic E-state index is -0.777. The second-order valence-electron chi connectivity index (χ2n) is 7.32. The SMILES string of the molecule is CCCOc1ccc(/C=C(\C#N)C(=O)Oc2ccc(C(=O)Nc3ccc(C)cc3)cc2)cc1. The molecule has 0 fully saturated rings. The fourth-order valence-corrected chi connectivity index (χ4v) is 2.86. The number of nitrogens with zero attached hydrogens (tertiary/aromatic N) is 1. The molecule has 0 aromatic heterocycles. The number of nitriles is 1. The minimum Gasteiger partial charge on any atom is -0.494 e. The van der Waals surface area contributed by atoms with Crippen LogP contribution in [-0.4, -0.2) is 18.5 Å². The van der Waals surface area contributed by atoms with Crippen LogP contribution in [0.3, 0.4) is 0 Å². The number of rotatable bonds is 8. The molecule has 3 aromatic rings. The molecule has 0 bridgehead atoms. The molecular formula is C27H24N2O4. The Labute approximate surface area is 193 Å². The molecule has 0 aliphatic rings. The molecule has 166 valence electrons. The van der Waals surface area contributed by atoms with Crippen LogP contribution in [0.1, 0.15) is 34.8 Å². The number of amides is 1. The van der Waals surface area contributed by atoms with Crippen molar-refractivity contribution in [3.8, 4) is 17.6 Å². The third-order valence-corrected chi connectivity index (χ3v) is 4.64. The zero-order chi connectivity index (χ0) is 23.6. The third-order valence-electron chi connectivity index (χ3n) is 4.64. The Morgan fingerprint density at radius 2 is 1.58 bits per heavy atom. The van der Waals surface area contributed by atoms with E-state index >= 15 is 0 Å². The zero-order valence-corrected chi connectivity index (χ0v) is 18.5. The summed E-state index contributed by atoms with van der Waals surface area (Å²) in [5.41, 5.74) is 2.74. The number of anilines is 1. The number of hydrogen-bond donors (Lipinski definition) is 1. The highest BCUT2D eigenvalue weighted by Crippen LogP contribution is 2.18. The van der Waals surface area contributed by atoms with Gasteiger partial charge in [0.25, 0.3) is 5.91 Å². The van der Waals surface area contributed by atoms with Gasteiger partial charge in [-0.15, -0.1) is 0 Å². The van der Waals surface area contributed by atoms with E-state index in [4.69, 9.17) is 9.47 Å². The van der Waals surface area contributed by atoms with Crippen LogP contribution in [-0.2, 0) is 4.79 Å². The average molecular weight is 440 g/mol. The molecule has 1 N–H and O–H groups in total. The monoisotopic (exact) mass is 440 g/mol. The van der Waals surface area contributed by atoms with Gasteiger partial charge in [0.2, 0.25) is 0 Å². The maximum atomic E-state index is 12.4. The maximum absolute atomic E-state index is 12.4. The minimum absolute atomic E-state index is 0.140. The van der Waals surface area contributed by atoms with Gasteiger partial charge in [-0.2, -0.15) is 5.26 Å². The van der Waals surface area contributed by atoms with Gasteiger partial charge in [0.15, 0.2) is 0 Å². The number of carbonyl (C=O) groups excluding carboxylic acids is 2. The van der Waals surface area contributed by atoms with Crippen LogP contribution < -0.4 is 14.8 Å². The molecule has 0 aliphatic heterocycles. The third kappa shape index (κ3) is 6.81. The summed E-state index contributed by atoms with van der Waals surface area (Å²) in [7, 11) is 0. The Bertz CT molecular complexity index is 1170. The van der Waals surface area contributed by atoms with Gasteiger partial charge in [-0.1, -0.05) is 36.8 Å². The molecule has 6 nitrogen and oxygen atoms in total. The molecular weight excluding hydrogens is 416 g/mol. The van der Waals surface area contributed by atoms with Gasteiger partial charge in [0, 0.05) is 11.3 Å². The standard InChI is InChI=1S/C27H24N2O4/c1-3-16-32-24-12-6-20(7-13-24)17-22(18-28)27(31)33-25-14-8-21(9-15-25)26(30)29-23-10-4-19(2)5-11-23/h4-15,17H,3,16H2,1-2H3,(H,29,30)/b22-17+. The lowest BCUT2D eigenvalue weighted by atomic mass is 10.1. The van der Waals surface area contributed by atoms with Gasteiger partial charge in [0.05, 0.1) is 6.61 Å². The Hall–Kier alpha value is -4.37. The second-order valence-corrected chi connectivity index (χ2v) is 7.32. The average Bonchev–Trinajstić information content (AvgIpc) is 2.83. The molecule has 3 aromatic carbocycles. The summed E-state index contributed by atoms with van der Waals surface area (Å²) in [5.74, 6) is -0.0979. The van der Waals surface area contributed by atoms with Crippen molar-refractivity contribution in [1.29, 1.82) is 5.26 Å². The molecule has 3 rings (SSSR count). The summed E-state index contributed by atoms with van der Waals surface area (Å²) in [6.07, 6.45) is 2.36. The van der Waals surface area contributed by atoms with Crippen LogP contribution in [0.5, 0.6) is 11.5 Å². The first kappa shape index (κ1) is 23.3. The smallest absolute Gasteiger partial charge is 0.354 e. The van der Waals surface area contributed by atoms with Crippen LogP contribution in [0, 0.1) is 18.3 Å². The summed E-state index contributed by atoms with van der Waals surface area (Å²) in [6.45, 7) is 4.62. The van der Waals surface area contributed by atoms with Gasteiger partial charge in [-0.3, -0.25) is 4.79 Å². The summed E-state index contributed by atoms with van der Waals surface area (Å²) in [4.78, 5) is 24.8. The van der Waals surface area contributed by atoms with Crippen molar-refractivity contribution in [3.05, 3.63) is 95.1 Å². The number of ether oxygens (including phenoxy) is 2. The first-order valence-corrected chi connectivity index (χ1v) is 10.5. The molecule has 0 saturated heterocycles. The Morgan fingerprint density at radius 3 is 2.18 bits per heavy atom. The molecule has 33 heavy (non-hydrogen) atoms. The number of aryl methyl sites for hydroxylation is 1. The molecule has 0 spiro atoms. The fourth-order valence-electron chi connectivity index (χ4n) is 2.86. The van der Waals surface area contributed by atoms with E-state index in [1.165, 1.54) is 18.2 Å².